The van der Waals surface area contributed by atoms with Crippen LogP contribution in [0.2, 0.25) is 0 Å². The maximum Gasteiger partial charge on any atom is 0.438 e. The molecule has 1 aromatic carbocycles. The summed E-state index contributed by atoms with van der Waals surface area (Å²) < 4.78 is 10.2. The van der Waals surface area contributed by atoms with Gasteiger partial charge in [-0.3, -0.25) is 9.51 Å². The monoisotopic (exact) mass is 382 g/mol. The van der Waals surface area contributed by atoms with E-state index in [-0.39, 0.29) is 11.8 Å². The Balaban J connectivity index is 1.59. The van der Waals surface area contributed by atoms with E-state index in [1.165, 1.54) is 5.56 Å². The first-order valence-electron chi connectivity index (χ1n) is 9.73. The van der Waals surface area contributed by atoms with Gasteiger partial charge in [0.2, 0.25) is 0 Å². The average molecular weight is 382 g/mol. The second-order valence-corrected chi connectivity index (χ2v) is 8.20. The number of H-pyrrole nitrogens is 1. The van der Waals surface area contributed by atoms with Gasteiger partial charge in [0.15, 0.2) is 5.82 Å². The molecule has 7 nitrogen and oxygen atoms in total. The number of aromatic amines is 1. The van der Waals surface area contributed by atoms with Gasteiger partial charge in [-0.05, 0) is 53.9 Å². The highest BCUT2D eigenvalue weighted by Gasteiger charge is 2.63. The largest absolute Gasteiger partial charge is 0.478 e. The van der Waals surface area contributed by atoms with Crippen LogP contribution in [0, 0.1) is 5.92 Å². The lowest BCUT2D eigenvalue weighted by atomic mass is 9.78. The Morgan fingerprint density at radius 3 is 2.68 bits per heavy atom. The van der Waals surface area contributed by atoms with Crippen LogP contribution < -0.4 is 5.76 Å². The molecule has 0 spiro atoms. The normalized spacial score (nSPS) is 29.4. The lowest BCUT2D eigenvalue weighted by Gasteiger charge is -2.26. The number of carbonyl (C=O) groups is 1. The topological polar surface area (TPSA) is 105 Å². The second kappa shape index (κ2) is 6.17. The summed E-state index contributed by atoms with van der Waals surface area (Å²) >= 11 is 0. The van der Waals surface area contributed by atoms with Gasteiger partial charge in [0.1, 0.15) is 0 Å². The van der Waals surface area contributed by atoms with Crippen LogP contribution in [0.4, 0.5) is 0 Å². The van der Waals surface area contributed by atoms with Crippen LogP contribution in [0.25, 0.3) is 6.08 Å². The van der Waals surface area contributed by atoms with Crippen molar-refractivity contribution in [1.82, 2.24) is 10.1 Å². The van der Waals surface area contributed by atoms with Crippen LogP contribution in [0.1, 0.15) is 60.5 Å². The number of benzene rings is 1. The third-order valence-corrected chi connectivity index (χ3v) is 6.74. The quantitative estimate of drug-likeness (QED) is 0.842. The molecule has 2 heterocycles. The van der Waals surface area contributed by atoms with Gasteiger partial charge >= 0.3 is 11.7 Å². The van der Waals surface area contributed by atoms with E-state index in [1.54, 1.807) is 6.08 Å². The number of hydrogen-bond donors (Lipinski definition) is 2. The lowest BCUT2D eigenvalue weighted by molar-refractivity contribution is -0.132. The number of fused-ring (bicyclic) bond motifs is 1. The zero-order chi connectivity index (χ0) is 19.5. The van der Waals surface area contributed by atoms with E-state index >= 15 is 0 Å². The first-order valence-corrected chi connectivity index (χ1v) is 9.73. The molecule has 3 aliphatic rings. The molecular weight excluding hydrogens is 360 g/mol. The fourth-order valence-electron chi connectivity index (χ4n) is 5.17. The third kappa shape index (κ3) is 2.49. The van der Waals surface area contributed by atoms with Crippen molar-refractivity contribution >= 4 is 12.0 Å². The van der Waals surface area contributed by atoms with Crippen molar-refractivity contribution in [2.24, 2.45) is 5.92 Å². The molecule has 2 aliphatic carbocycles. The predicted octanol–water partition coefficient (Wildman–Crippen LogP) is 2.80. The summed E-state index contributed by atoms with van der Waals surface area (Å²) in [6.07, 6.45) is 4.51. The molecule has 0 bridgehead atoms. The standard InChI is InChI=1S/C21H22N2O5/c1-11-10-21(11,19-22-20(26)28-23-19)17-15-3-2-13(12-4-6-27-7-5-12)8-14(15)9-16(17)18(24)25/h2-3,8-9,11-12,17H,4-7,10H2,1H3,(H,24,25)(H,22,23,26)/t11-,17?,21+/m0/s1. The van der Waals surface area contributed by atoms with E-state index in [2.05, 4.69) is 35.3 Å². The molecule has 3 atom stereocenters. The van der Waals surface area contributed by atoms with E-state index < -0.39 is 17.1 Å². The first-order chi connectivity index (χ1) is 13.5. The highest BCUT2D eigenvalue weighted by Crippen LogP contribution is 2.65. The molecule has 146 valence electrons. The summed E-state index contributed by atoms with van der Waals surface area (Å²) in [6, 6.07) is 6.30. The van der Waals surface area contributed by atoms with E-state index in [1.807, 2.05) is 0 Å². The van der Waals surface area contributed by atoms with E-state index in [4.69, 9.17) is 9.26 Å². The number of hydrogen-bond acceptors (Lipinski definition) is 5. The van der Waals surface area contributed by atoms with Crippen LogP contribution in [0.15, 0.2) is 33.1 Å². The first kappa shape index (κ1) is 17.4. The van der Waals surface area contributed by atoms with Crippen molar-refractivity contribution in [2.45, 2.75) is 43.4 Å². The number of aromatic nitrogens is 2. The highest BCUT2D eigenvalue weighted by molar-refractivity contribution is 5.98. The zero-order valence-electron chi connectivity index (χ0n) is 15.6. The molecule has 0 radical (unpaired) electrons. The van der Waals surface area contributed by atoms with Crippen LogP contribution in [0.3, 0.4) is 0 Å². The van der Waals surface area contributed by atoms with E-state index in [0.717, 1.165) is 43.6 Å². The van der Waals surface area contributed by atoms with Gasteiger partial charge in [0, 0.05) is 30.1 Å². The summed E-state index contributed by atoms with van der Waals surface area (Å²) in [5.41, 5.74) is 2.99. The number of rotatable bonds is 4. The SMILES string of the molecule is C[C@H]1C[C@]1(c1noc(=O)[nH]1)C1C(C(=O)O)=Cc2cc(C3CCOCC3)ccc21. The number of nitrogens with one attached hydrogen (secondary N) is 1. The van der Waals surface area contributed by atoms with Gasteiger partial charge in [-0.2, -0.15) is 0 Å². The number of nitrogens with zero attached hydrogens (tertiary/aromatic N) is 1. The summed E-state index contributed by atoms with van der Waals surface area (Å²) in [4.78, 5) is 26.3. The van der Waals surface area contributed by atoms with Gasteiger partial charge in [-0.15, -0.1) is 0 Å². The number of aliphatic carboxylic acids is 1. The molecule has 1 unspecified atom stereocenters. The molecule has 1 aliphatic heterocycles. The molecule has 2 aromatic rings. The zero-order valence-corrected chi connectivity index (χ0v) is 15.6. The van der Waals surface area contributed by atoms with Crippen molar-refractivity contribution in [3.05, 3.63) is 56.8 Å². The molecule has 7 heteroatoms. The van der Waals surface area contributed by atoms with Crippen LogP contribution >= 0.6 is 0 Å². The highest BCUT2D eigenvalue weighted by atomic mass is 16.5. The molecule has 28 heavy (non-hydrogen) atoms. The molecule has 2 N–H and O–H groups in total. The van der Waals surface area contributed by atoms with Gasteiger partial charge < -0.3 is 9.84 Å². The van der Waals surface area contributed by atoms with Gasteiger partial charge in [-0.25, -0.2) is 9.59 Å². The Labute approximate surface area is 161 Å². The fourth-order valence-corrected chi connectivity index (χ4v) is 5.17. The van der Waals surface area contributed by atoms with Gasteiger partial charge in [-0.1, -0.05) is 30.3 Å². The molecule has 5 rings (SSSR count). The molecular formula is C21H22N2O5. The Morgan fingerprint density at radius 1 is 1.32 bits per heavy atom. The number of carboxylic acids is 1. The Bertz CT molecular complexity index is 1030. The van der Waals surface area contributed by atoms with E-state index in [0.29, 0.717) is 17.3 Å². The fraction of sp³-hybridized carbons (Fsp3) is 0.476. The van der Waals surface area contributed by atoms with Crippen LogP contribution in [-0.4, -0.2) is 34.4 Å². The van der Waals surface area contributed by atoms with Crippen molar-refractivity contribution in [2.75, 3.05) is 13.2 Å². The maximum atomic E-state index is 12.1. The van der Waals surface area contributed by atoms with Crippen molar-refractivity contribution in [1.29, 1.82) is 0 Å². The Morgan fingerprint density at radius 2 is 2.07 bits per heavy atom. The van der Waals surface area contributed by atoms with Crippen LogP contribution in [0.5, 0.6) is 0 Å². The van der Waals surface area contributed by atoms with Gasteiger partial charge in [0.25, 0.3) is 0 Å². The number of carboxylic acid groups (broad SMARTS) is 1. The minimum absolute atomic E-state index is 0.196. The van der Waals surface area contributed by atoms with Crippen molar-refractivity contribution in [3.8, 4) is 0 Å². The maximum absolute atomic E-state index is 12.1. The lowest BCUT2D eigenvalue weighted by Crippen LogP contribution is -2.26. The summed E-state index contributed by atoms with van der Waals surface area (Å²) in [5.74, 6) is -0.800. The molecule has 1 aromatic heterocycles. The molecule has 2 fully saturated rings. The summed E-state index contributed by atoms with van der Waals surface area (Å²) in [7, 11) is 0. The Hall–Kier alpha value is -2.67. The van der Waals surface area contributed by atoms with Crippen LogP contribution in [-0.2, 0) is 14.9 Å². The molecule has 1 saturated carbocycles. The number of ether oxygens (including phenoxy) is 1. The minimum atomic E-state index is -0.932. The van der Waals surface area contributed by atoms with Crippen molar-refractivity contribution in [3.63, 3.8) is 0 Å². The summed E-state index contributed by atoms with van der Waals surface area (Å²) in [5, 5.41) is 13.8. The smallest absolute Gasteiger partial charge is 0.438 e. The molecule has 0 amide bonds. The molecule has 1 saturated heterocycles. The predicted molar refractivity (Wildman–Crippen MR) is 100 cm³/mol. The van der Waals surface area contributed by atoms with E-state index in [9.17, 15) is 14.7 Å². The summed E-state index contributed by atoms with van der Waals surface area (Å²) in [6.45, 7) is 3.59. The second-order valence-electron chi connectivity index (χ2n) is 8.20. The Kier molecular flexibility index (Phi) is 3.84. The van der Waals surface area contributed by atoms with Gasteiger partial charge in [0.05, 0.1) is 0 Å². The average Bonchev–Trinajstić information content (AvgIpc) is 3.05. The third-order valence-electron chi connectivity index (χ3n) is 6.74. The minimum Gasteiger partial charge on any atom is -0.478 e. The van der Waals surface area contributed by atoms with Crippen molar-refractivity contribution < 1.29 is 19.2 Å².